The van der Waals surface area contributed by atoms with Crippen LogP contribution in [0.1, 0.15) is 5.56 Å². The molecule has 38 heavy (non-hydrogen) atoms. The number of nitrogens with one attached hydrogen (secondary N) is 1. The van der Waals surface area contributed by atoms with E-state index in [0.29, 0.717) is 18.0 Å². The van der Waals surface area contributed by atoms with E-state index in [1.54, 1.807) is 34.6 Å². The van der Waals surface area contributed by atoms with Gasteiger partial charge in [-0.1, -0.05) is 42.5 Å². The van der Waals surface area contributed by atoms with Gasteiger partial charge < -0.3 is 13.6 Å². The molecule has 1 amide bonds. The summed E-state index contributed by atoms with van der Waals surface area (Å²) >= 11 is -2.73. The molecule has 0 spiro atoms. The second-order valence-corrected chi connectivity index (χ2v) is 11.7. The summed E-state index contributed by atoms with van der Waals surface area (Å²) in [4.78, 5) is 14.1. The van der Waals surface area contributed by atoms with Gasteiger partial charge in [-0.3, -0.25) is 19.1 Å². The van der Waals surface area contributed by atoms with Crippen molar-refractivity contribution in [2.75, 3.05) is 43.3 Å². The number of sulfonamides is 1. The molecule has 2 N–H and O–H groups in total. The number of nitrogens with zero attached hydrogens (tertiary/aromatic N) is 3. The van der Waals surface area contributed by atoms with Crippen LogP contribution in [0.5, 0.6) is 5.75 Å². The lowest BCUT2D eigenvalue weighted by Gasteiger charge is -2.39. The van der Waals surface area contributed by atoms with Gasteiger partial charge in [-0.15, -0.1) is 0 Å². The fourth-order valence-corrected chi connectivity index (χ4v) is 5.87. The van der Waals surface area contributed by atoms with Gasteiger partial charge in [0.05, 0.1) is 12.8 Å². The predicted octanol–water partition coefficient (Wildman–Crippen LogP) is 1.47. The number of piperazine rings is 1. The standard InChI is InChI=1S/C25H30N4O7S2/c1-38(34,35)28-15-13-27(14-16-28)24(25(30)26-31)17-29(37(32)33)21-9-11-22(12-10-21)36-18-20-7-4-6-19-5-2-3-8-23(19)20/h2-12,24,31H,13-18H2,1H3,(H,26,30)(H,32,33)/p-1/t24-/m0/s1. The molecular formula is C25H29N4O7S2-. The van der Waals surface area contributed by atoms with Crippen molar-refractivity contribution in [3.8, 4) is 5.75 Å². The van der Waals surface area contributed by atoms with Crippen LogP contribution in [0.2, 0.25) is 0 Å². The minimum atomic E-state index is -3.38. The maximum Gasteiger partial charge on any atom is 0.262 e. The van der Waals surface area contributed by atoms with Gasteiger partial charge in [-0.05, 0) is 40.6 Å². The number of rotatable bonds is 10. The van der Waals surface area contributed by atoms with Gasteiger partial charge in [0.15, 0.2) is 0 Å². The van der Waals surface area contributed by atoms with Crippen molar-refractivity contribution in [1.82, 2.24) is 14.7 Å². The van der Waals surface area contributed by atoms with Gasteiger partial charge >= 0.3 is 0 Å². The van der Waals surface area contributed by atoms with E-state index >= 15 is 0 Å². The highest BCUT2D eigenvalue weighted by molar-refractivity contribution is 7.88. The molecule has 3 aromatic rings. The lowest BCUT2D eigenvalue weighted by molar-refractivity contribution is -0.134. The topological polar surface area (TPSA) is 143 Å². The van der Waals surface area contributed by atoms with Crippen LogP contribution in [-0.4, -0.2) is 82.5 Å². The summed E-state index contributed by atoms with van der Waals surface area (Å²) in [6.45, 7) is 0.749. The van der Waals surface area contributed by atoms with Crippen molar-refractivity contribution in [3.63, 3.8) is 0 Å². The molecule has 3 aromatic carbocycles. The molecule has 0 radical (unpaired) electrons. The Labute approximate surface area is 224 Å². The van der Waals surface area contributed by atoms with Crippen LogP contribution in [-0.2, 0) is 32.7 Å². The number of benzene rings is 3. The highest BCUT2D eigenvalue weighted by atomic mass is 32.2. The first-order chi connectivity index (χ1) is 18.2. The van der Waals surface area contributed by atoms with E-state index in [0.717, 1.165) is 26.9 Å². The molecule has 1 aliphatic rings. The second-order valence-electron chi connectivity index (χ2n) is 8.89. The fourth-order valence-electron chi connectivity index (χ4n) is 4.48. The highest BCUT2D eigenvalue weighted by Crippen LogP contribution is 2.24. The maximum atomic E-state index is 12.5. The van der Waals surface area contributed by atoms with Crippen molar-refractivity contribution in [2.24, 2.45) is 0 Å². The average Bonchev–Trinajstić information content (AvgIpc) is 2.92. The molecule has 0 aliphatic carbocycles. The van der Waals surface area contributed by atoms with Gasteiger partial charge in [0.25, 0.3) is 5.91 Å². The first-order valence-electron chi connectivity index (χ1n) is 11.9. The van der Waals surface area contributed by atoms with Gasteiger partial charge in [0.1, 0.15) is 18.4 Å². The molecule has 0 aromatic heterocycles. The van der Waals surface area contributed by atoms with Crippen LogP contribution in [0.4, 0.5) is 5.69 Å². The predicted molar refractivity (Wildman–Crippen MR) is 143 cm³/mol. The second kappa shape index (κ2) is 12.2. The van der Waals surface area contributed by atoms with Crippen LogP contribution in [0.3, 0.4) is 0 Å². The first-order valence-corrected chi connectivity index (χ1v) is 14.7. The summed E-state index contributed by atoms with van der Waals surface area (Å²) in [5, 5.41) is 11.5. The molecule has 2 atom stereocenters. The van der Waals surface area contributed by atoms with Crippen molar-refractivity contribution >= 4 is 43.7 Å². The van der Waals surface area contributed by atoms with E-state index in [-0.39, 0.29) is 32.7 Å². The van der Waals surface area contributed by atoms with Crippen LogP contribution in [0.25, 0.3) is 10.8 Å². The molecule has 1 saturated heterocycles. The minimum Gasteiger partial charge on any atom is -0.755 e. The Hall–Kier alpha value is -3.07. The molecular weight excluding hydrogens is 532 g/mol. The molecule has 1 unspecified atom stereocenters. The molecule has 0 bridgehead atoms. The van der Waals surface area contributed by atoms with Gasteiger partial charge in [0.2, 0.25) is 10.0 Å². The Kier molecular flexibility index (Phi) is 8.97. The molecule has 13 heteroatoms. The number of hydroxylamine groups is 1. The Bertz CT molecular complexity index is 1390. The zero-order chi connectivity index (χ0) is 27.3. The zero-order valence-electron chi connectivity index (χ0n) is 20.7. The number of anilines is 1. The Morgan fingerprint density at radius 2 is 1.74 bits per heavy atom. The average molecular weight is 562 g/mol. The van der Waals surface area contributed by atoms with Crippen molar-refractivity contribution in [3.05, 3.63) is 72.3 Å². The Morgan fingerprint density at radius 1 is 1.08 bits per heavy atom. The highest BCUT2D eigenvalue weighted by Gasteiger charge is 2.33. The minimum absolute atomic E-state index is 0.150. The number of hydrogen-bond donors (Lipinski definition) is 2. The summed E-state index contributed by atoms with van der Waals surface area (Å²) in [7, 11) is -3.38. The lowest BCUT2D eigenvalue weighted by Crippen LogP contribution is -2.58. The fraction of sp³-hybridized carbons (Fsp3) is 0.320. The number of fused-ring (bicyclic) bond motifs is 1. The van der Waals surface area contributed by atoms with E-state index in [2.05, 4.69) is 0 Å². The van der Waals surface area contributed by atoms with E-state index < -0.39 is 33.2 Å². The van der Waals surface area contributed by atoms with Gasteiger partial charge in [0, 0.05) is 43.1 Å². The first kappa shape index (κ1) is 28.0. The van der Waals surface area contributed by atoms with E-state index in [1.807, 2.05) is 42.5 Å². The lowest BCUT2D eigenvalue weighted by atomic mass is 10.1. The summed E-state index contributed by atoms with van der Waals surface area (Å²) in [5.74, 6) is -0.247. The molecule has 204 valence electrons. The van der Waals surface area contributed by atoms with Crippen LogP contribution >= 0.6 is 0 Å². The maximum absolute atomic E-state index is 12.5. The summed E-state index contributed by atoms with van der Waals surface area (Å²) in [5.41, 5.74) is 2.92. The number of amides is 1. The molecule has 1 fully saturated rings. The van der Waals surface area contributed by atoms with Crippen LogP contribution in [0, 0.1) is 0 Å². The number of carbonyl (C=O) groups is 1. The quantitative estimate of drug-likeness (QED) is 0.215. The molecule has 11 nitrogen and oxygen atoms in total. The Morgan fingerprint density at radius 3 is 2.37 bits per heavy atom. The third-order valence-corrected chi connectivity index (χ3v) is 8.54. The van der Waals surface area contributed by atoms with E-state index in [4.69, 9.17) is 4.74 Å². The zero-order valence-corrected chi connectivity index (χ0v) is 22.4. The van der Waals surface area contributed by atoms with Gasteiger partial charge in [-0.25, -0.2) is 13.9 Å². The molecule has 1 aliphatic heterocycles. The number of hydrogen-bond acceptors (Lipinski definition) is 8. The molecule has 0 saturated carbocycles. The Balaban J connectivity index is 1.45. The third-order valence-electron chi connectivity index (χ3n) is 6.51. The molecule has 4 rings (SSSR count). The van der Waals surface area contributed by atoms with E-state index in [1.165, 1.54) is 4.31 Å². The smallest absolute Gasteiger partial charge is 0.262 e. The van der Waals surface area contributed by atoms with Gasteiger partial charge in [-0.2, -0.15) is 4.31 Å². The summed E-state index contributed by atoms with van der Waals surface area (Å²) in [6.07, 6.45) is 1.11. The number of ether oxygens (including phenoxy) is 1. The SMILES string of the molecule is CS(=O)(=O)N1CCN([C@@H](CN(c2ccc(OCc3cccc4ccccc34)cc2)S(=O)[O-])C(=O)NO)CC1. The largest absolute Gasteiger partial charge is 0.755 e. The van der Waals surface area contributed by atoms with Crippen LogP contribution in [0.15, 0.2) is 66.7 Å². The number of carbonyl (C=O) groups excluding carboxylic acids is 1. The monoisotopic (exact) mass is 561 g/mol. The summed E-state index contributed by atoms with van der Waals surface area (Å²) in [6, 6.07) is 19.4. The van der Waals surface area contributed by atoms with Crippen molar-refractivity contribution < 1.29 is 31.9 Å². The third kappa shape index (κ3) is 6.67. The normalized spacial score (nSPS) is 16.6. The van der Waals surface area contributed by atoms with Crippen LogP contribution < -0.4 is 14.5 Å². The summed E-state index contributed by atoms with van der Waals surface area (Å²) < 4.78 is 56.1. The van der Waals surface area contributed by atoms with Crippen molar-refractivity contribution in [1.29, 1.82) is 0 Å². The molecule has 1 heterocycles. The van der Waals surface area contributed by atoms with E-state index in [9.17, 15) is 27.2 Å². The van der Waals surface area contributed by atoms with Crippen molar-refractivity contribution in [2.45, 2.75) is 12.6 Å².